The Balaban J connectivity index is 2.93. The molecular formula is C9H14N2. The van der Waals surface area contributed by atoms with Gasteiger partial charge in [-0.05, 0) is 25.0 Å². The summed E-state index contributed by atoms with van der Waals surface area (Å²) in [5.74, 6) is 5.32. The van der Waals surface area contributed by atoms with E-state index in [0.717, 1.165) is 0 Å². The van der Waals surface area contributed by atoms with E-state index in [2.05, 4.69) is 24.5 Å². The molecule has 0 radical (unpaired) electrons. The van der Waals surface area contributed by atoms with Gasteiger partial charge in [0.25, 0.3) is 0 Å². The third-order valence-corrected chi connectivity index (χ3v) is 1.90. The summed E-state index contributed by atoms with van der Waals surface area (Å²) in [5, 5.41) is 0. The van der Waals surface area contributed by atoms with E-state index in [1.54, 1.807) is 0 Å². The fourth-order valence-electron chi connectivity index (χ4n) is 1.16. The van der Waals surface area contributed by atoms with Gasteiger partial charge < -0.3 is 0 Å². The molecule has 1 rings (SSSR count). The summed E-state index contributed by atoms with van der Waals surface area (Å²) < 4.78 is 0. The highest BCUT2D eigenvalue weighted by Gasteiger charge is 2.03. The van der Waals surface area contributed by atoms with Gasteiger partial charge in [0.15, 0.2) is 0 Å². The van der Waals surface area contributed by atoms with Crippen LogP contribution in [0, 0.1) is 6.92 Å². The van der Waals surface area contributed by atoms with Crippen LogP contribution in [0.5, 0.6) is 0 Å². The molecule has 2 heteroatoms. The number of rotatable bonds is 2. The van der Waals surface area contributed by atoms with Crippen LogP contribution in [-0.2, 0) is 0 Å². The summed E-state index contributed by atoms with van der Waals surface area (Å²) in [6.07, 6.45) is 0. The second kappa shape index (κ2) is 3.51. The summed E-state index contributed by atoms with van der Waals surface area (Å²) in [7, 11) is 0. The highest BCUT2D eigenvalue weighted by atomic mass is 15.2. The molecule has 0 fully saturated rings. The Morgan fingerprint density at radius 3 is 2.55 bits per heavy atom. The third kappa shape index (κ3) is 1.79. The molecule has 0 bridgehead atoms. The number of hydrogen-bond acceptors (Lipinski definition) is 2. The standard InChI is InChI=1S/C9H14N2/c1-7-5-3-4-6-9(7)8(2)11-10/h3-6,8,11H,10H2,1-2H3/t8-/m0/s1. The van der Waals surface area contributed by atoms with Gasteiger partial charge >= 0.3 is 0 Å². The lowest BCUT2D eigenvalue weighted by Crippen LogP contribution is -2.26. The van der Waals surface area contributed by atoms with Crippen molar-refractivity contribution in [2.24, 2.45) is 5.84 Å². The van der Waals surface area contributed by atoms with Gasteiger partial charge in [-0.2, -0.15) is 0 Å². The SMILES string of the molecule is Cc1ccccc1[C@H](C)NN. The molecule has 0 heterocycles. The number of benzene rings is 1. The van der Waals surface area contributed by atoms with Gasteiger partial charge in [0.05, 0.1) is 0 Å². The fourth-order valence-corrected chi connectivity index (χ4v) is 1.16. The Morgan fingerprint density at radius 1 is 1.36 bits per heavy atom. The van der Waals surface area contributed by atoms with E-state index in [4.69, 9.17) is 5.84 Å². The molecule has 60 valence electrons. The predicted molar refractivity (Wildman–Crippen MR) is 46.9 cm³/mol. The predicted octanol–water partition coefficient (Wildman–Crippen LogP) is 1.52. The number of nitrogens with two attached hydrogens (primary N) is 1. The largest absolute Gasteiger partial charge is 0.271 e. The number of aryl methyl sites for hydroxylation is 1. The Labute approximate surface area is 67.4 Å². The van der Waals surface area contributed by atoms with Crippen molar-refractivity contribution in [1.29, 1.82) is 0 Å². The number of hydrazine groups is 1. The molecule has 0 unspecified atom stereocenters. The van der Waals surface area contributed by atoms with Gasteiger partial charge in [-0.25, -0.2) is 0 Å². The normalized spacial score (nSPS) is 13.0. The Bertz CT molecular complexity index is 233. The van der Waals surface area contributed by atoms with Crippen LogP contribution in [0.15, 0.2) is 24.3 Å². The summed E-state index contributed by atoms with van der Waals surface area (Å²) in [5.41, 5.74) is 5.26. The van der Waals surface area contributed by atoms with Gasteiger partial charge in [0.1, 0.15) is 0 Å². The van der Waals surface area contributed by atoms with Crippen molar-refractivity contribution in [3.8, 4) is 0 Å². The maximum absolute atomic E-state index is 5.32. The smallest absolute Gasteiger partial charge is 0.0434 e. The minimum Gasteiger partial charge on any atom is -0.271 e. The van der Waals surface area contributed by atoms with Crippen molar-refractivity contribution in [1.82, 2.24) is 5.43 Å². The van der Waals surface area contributed by atoms with Crippen LogP contribution in [0.2, 0.25) is 0 Å². The van der Waals surface area contributed by atoms with Crippen molar-refractivity contribution in [2.75, 3.05) is 0 Å². The summed E-state index contributed by atoms with van der Waals surface area (Å²) in [6.45, 7) is 4.13. The Morgan fingerprint density at radius 2 is 2.00 bits per heavy atom. The van der Waals surface area contributed by atoms with Crippen molar-refractivity contribution >= 4 is 0 Å². The van der Waals surface area contributed by atoms with E-state index >= 15 is 0 Å². The maximum Gasteiger partial charge on any atom is 0.0434 e. The van der Waals surface area contributed by atoms with E-state index in [1.165, 1.54) is 11.1 Å². The van der Waals surface area contributed by atoms with Crippen molar-refractivity contribution in [3.63, 3.8) is 0 Å². The van der Waals surface area contributed by atoms with Gasteiger partial charge in [-0.3, -0.25) is 11.3 Å². The first-order valence-electron chi connectivity index (χ1n) is 3.77. The van der Waals surface area contributed by atoms with Crippen LogP contribution in [-0.4, -0.2) is 0 Å². The van der Waals surface area contributed by atoms with E-state index in [-0.39, 0.29) is 6.04 Å². The lowest BCUT2D eigenvalue weighted by Gasteiger charge is -2.12. The fraction of sp³-hybridized carbons (Fsp3) is 0.333. The molecule has 0 aromatic heterocycles. The number of nitrogens with one attached hydrogen (secondary N) is 1. The molecule has 1 aromatic carbocycles. The van der Waals surface area contributed by atoms with Crippen molar-refractivity contribution < 1.29 is 0 Å². The van der Waals surface area contributed by atoms with Gasteiger partial charge in [-0.15, -0.1) is 0 Å². The molecule has 0 saturated heterocycles. The molecule has 0 aliphatic carbocycles. The lowest BCUT2D eigenvalue weighted by molar-refractivity contribution is 0.599. The highest BCUT2D eigenvalue weighted by Crippen LogP contribution is 2.14. The molecule has 0 saturated carbocycles. The zero-order valence-electron chi connectivity index (χ0n) is 6.96. The molecule has 1 atom stereocenters. The van der Waals surface area contributed by atoms with Crippen LogP contribution >= 0.6 is 0 Å². The van der Waals surface area contributed by atoms with Crippen molar-refractivity contribution in [3.05, 3.63) is 35.4 Å². The second-order valence-electron chi connectivity index (χ2n) is 2.74. The van der Waals surface area contributed by atoms with Gasteiger partial charge in [-0.1, -0.05) is 24.3 Å². The Hall–Kier alpha value is -0.860. The molecule has 1 aromatic rings. The van der Waals surface area contributed by atoms with E-state index in [0.29, 0.717) is 0 Å². The second-order valence-corrected chi connectivity index (χ2v) is 2.74. The zero-order valence-corrected chi connectivity index (χ0v) is 6.96. The van der Waals surface area contributed by atoms with E-state index in [1.807, 2.05) is 19.1 Å². The van der Waals surface area contributed by atoms with Crippen LogP contribution in [0.1, 0.15) is 24.1 Å². The van der Waals surface area contributed by atoms with Crippen LogP contribution in [0.4, 0.5) is 0 Å². The third-order valence-electron chi connectivity index (χ3n) is 1.90. The minimum atomic E-state index is 0.233. The maximum atomic E-state index is 5.32. The number of hydrogen-bond donors (Lipinski definition) is 2. The zero-order chi connectivity index (χ0) is 8.27. The topological polar surface area (TPSA) is 38.0 Å². The lowest BCUT2D eigenvalue weighted by atomic mass is 10.0. The molecule has 0 amide bonds. The van der Waals surface area contributed by atoms with Crippen LogP contribution in [0.25, 0.3) is 0 Å². The molecule has 0 aliphatic heterocycles. The molecule has 3 N–H and O–H groups in total. The van der Waals surface area contributed by atoms with Crippen LogP contribution < -0.4 is 11.3 Å². The first-order chi connectivity index (χ1) is 5.25. The monoisotopic (exact) mass is 150 g/mol. The van der Waals surface area contributed by atoms with Gasteiger partial charge in [0, 0.05) is 6.04 Å². The highest BCUT2D eigenvalue weighted by molar-refractivity contribution is 5.27. The average Bonchev–Trinajstić information content (AvgIpc) is 2.04. The summed E-state index contributed by atoms with van der Waals surface area (Å²) in [4.78, 5) is 0. The Kier molecular flexibility index (Phi) is 2.63. The molecule has 11 heavy (non-hydrogen) atoms. The molecule has 0 spiro atoms. The molecular weight excluding hydrogens is 136 g/mol. The summed E-state index contributed by atoms with van der Waals surface area (Å²) in [6, 6.07) is 8.46. The molecule has 0 aliphatic rings. The molecule has 2 nitrogen and oxygen atoms in total. The summed E-state index contributed by atoms with van der Waals surface area (Å²) >= 11 is 0. The van der Waals surface area contributed by atoms with E-state index in [9.17, 15) is 0 Å². The minimum absolute atomic E-state index is 0.233. The van der Waals surface area contributed by atoms with Crippen molar-refractivity contribution in [2.45, 2.75) is 19.9 Å². The van der Waals surface area contributed by atoms with Crippen LogP contribution in [0.3, 0.4) is 0 Å². The van der Waals surface area contributed by atoms with Gasteiger partial charge in [0.2, 0.25) is 0 Å². The average molecular weight is 150 g/mol. The van der Waals surface area contributed by atoms with E-state index < -0.39 is 0 Å². The first kappa shape index (κ1) is 8.24. The first-order valence-corrected chi connectivity index (χ1v) is 3.77. The quantitative estimate of drug-likeness (QED) is 0.495.